The Bertz CT molecular complexity index is 1410. The van der Waals surface area contributed by atoms with Crippen LogP contribution in [0.1, 0.15) is 45.4 Å². The van der Waals surface area contributed by atoms with E-state index < -0.39 is 12.1 Å². The van der Waals surface area contributed by atoms with Crippen LogP contribution < -0.4 is 15.5 Å². The predicted molar refractivity (Wildman–Crippen MR) is 133 cm³/mol. The molecule has 9 nitrogen and oxygen atoms in total. The summed E-state index contributed by atoms with van der Waals surface area (Å²) in [5, 5.41) is 9.74. The van der Waals surface area contributed by atoms with Gasteiger partial charge in [-0.15, -0.1) is 0 Å². The smallest absolute Gasteiger partial charge is 0.273 e. The topological polar surface area (TPSA) is 109 Å². The fourth-order valence-corrected chi connectivity index (χ4v) is 4.87. The number of aliphatic imine (C=N–C) groups is 1. The fourth-order valence-electron chi connectivity index (χ4n) is 4.87. The molecule has 178 valence electrons. The lowest BCUT2D eigenvalue weighted by atomic mass is 9.96. The van der Waals surface area contributed by atoms with Crippen LogP contribution in [0.3, 0.4) is 0 Å². The van der Waals surface area contributed by atoms with E-state index in [1.165, 1.54) is 11.6 Å². The molecular weight excluding hydrogens is 444 g/mol. The minimum Gasteiger partial charge on any atom is -0.323 e. The highest BCUT2D eigenvalue weighted by atomic mass is 16.2. The summed E-state index contributed by atoms with van der Waals surface area (Å²) in [5.41, 5.74) is 6.40. The maximum Gasteiger partial charge on any atom is 0.273 e. The SMILES string of the molecule is CC(=O)Nc1c(C)nn(C)c1C(=O)N[C@@H]1N=C(c2ccccc2)c2cc(C)cc3c2N(CC3)C1=O. The molecule has 2 aliphatic heterocycles. The molecule has 0 saturated carbocycles. The second kappa shape index (κ2) is 8.50. The molecular formula is C26H26N6O3. The van der Waals surface area contributed by atoms with Crippen LogP contribution in [0.15, 0.2) is 47.5 Å². The number of nitrogens with one attached hydrogen (secondary N) is 2. The van der Waals surface area contributed by atoms with E-state index in [1.807, 2.05) is 43.3 Å². The van der Waals surface area contributed by atoms with E-state index in [0.717, 1.165) is 34.4 Å². The molecule has 0 bridgehead atoms. The van der Waals surface area contributed by atoms with E-state index in [2.05, 4.69) is 21.8 Å². The lowest BCUT2D eigenvalue weighted by Crippen LogP contribution is -2.47. The van der Waals surface area contributed by atoms with Crippen LogP contribution >= 0.6 is 0 Å². The zero-order valence-electron chi connectivity index (χ0n) is 20.0. The van der Waals surface area contributed by atoms with Gasteiger partial charge in [0.1, 0.15) is 5.69 Å². The van der Waals surface area contributed by atoms with Gasteiger partial charge in [0.15, 0.2) is 0 Å². The number of rotatable bonds is 4. The van der Waals surface area contributed by atoms with E-state index in [0.29, 0.717) is 23.6 Å². The van der Waals surface area contributed by atoms with Gasteiger partial charge >= 0.3 is 0 Å². The number of aromatic nitrogens is 2. The van der Waals surface area contributed by atoms with Crippen molar-refractivity contribution in [1.82, 2.24) is 15.1 Å². The molecule has 0 saturated heterocycles. The summed E-state index contributed by atoms with van der Waals surface area (Å²) < 4.78 is 1.39. The van der Waals surface area contributed by atoms with E-state index in [4.69, 9.17) is 4.99 Å². The highest BCUT2D eigenvalue weighted by molar-refractivity contribution is 6.21. The fraction of sp³-hybridized carbons (Fsp3) is 0.269. The summed E-state index contributed by atoms with van der Waals surface area (Å²) in [6, 6.07) is 13.8. The maximum absolute atomic E-state index is 13.7. The number of carbonyl (C=O) groups excluding carboxylic acids is 3. The second-order valence-electron chi connectivity index (χ2n) is 8.89. The standard InChI is InChI=1S/C26H26N6O3/c1-14-12-18-10-11-32-22(18)19(13-14)21(17-8-6-5-7-9-17)28-24(26(32)35)29-25(34)23-20(27-16(3)33)15(2)30-31(23)4/h5-9,12-13,24H,10-11H2,1-4H3,(H,27,33)(H,29,34)/t24-/m0/s1. The molecule has 0 spiro atoms. The zero-order chi connectivity index (χ0) is 24.9. The summed E-state index contributed by atoms with van der Waals surface area (Å²) in [4.78, 5) is 45.3. The van der Waals surface area contributed by atoms with Gasteiger partial charge in [-0.25, -0.2) is 4.99 Å². The van der Waals surface area contributed by atoms with Crippen molar-refractivity contribution in [2.75, 3.05) is 16.8 Å². The lowest BCUT2D eigenvalue weighted by Gasteiger charge is -2.21. The van der Waals surface area contributed by atoms with Gasteiger partial charge < -0.3 is 15.5 Å². The average molecular weight is 471 g/mol. The zero-order valence-corrected chi connectivity index (χ0v) is 20.0. The van der Waals surface area contributed by atoms with E-state index >= 15 is 0 Å². The van der Waals surface area contributed by atoms with E-state index in [9.17, 15) is 14.4 Å². The molecule has 2 N–H and O–H groups in total. The highest BCUT2D eigenvalue weighted by Crippen LogP contribution is 2.37. The third-order valence-corrected chi connectivity index (χ3v) is 6.27. The number of nitrogens with zero attached hydrogens (tertiary/aromatic N) is 4. The molecule has 3 aromatic rings. The van der Waals surface area contributed by atoms with Crippen LogP contribution in [-0.2, 0) is 23.1 Å². The molecule has 9 heteroatoms. The monoisotopic (exact) mass is 470 g/mol. The lowest BCUT2D eigenvalue weighted by molar-refractivity contribution is -0.120. The Morgan fingerprint density at radius 3 is 2.57 bits per heavy atom. The number of benzene rings is 2. The highest BCUT2D eigenvalue weighted by Gasteiger charge is 2.38. The van der Waals surface area contributed by atoms with Crippen LogP contribution in [0, 0.1) is 13.8 Å². The molecule has 0 unspecified atom stereocenters. The van der Waals surface area contributed by atoms with Crippen molar-refractivity contribution in [3.63, 3.8) is 0 Å². The van der Waals surface area contributed by atoms with Gasteiger partial charge in [0.2, 0.25) is 12.1 Å². The molecule has 3 amide bonds. The number of aryl methyl sites for hydroxylation is 3. The summed E-state index contributed by atoms with van der Waals surface area (Å²) >= 11 is 0. The third kappa shape index (κ3) is 3.88. The Hall–Kier alpha value is -4.27. The molecule has 1 aromatic heterocycles. The molecule has 2 aliphatic rings. The van der Waals surface area contributed by atoms with Crippen LogP contribution in [-0.4, -0.2) is 45.9 Å². The number of amides is 3. The predicted octanol–water partition coefficient (Wildman–Crippen LogP) is 2.49. The van der Waals surface area contributed by atoms with Gasteiger partial charge in [-0.1, -0.05) is 42.0 Å². The first kappa shape index (κ1) is 22.5. The average Bonchev–Trinajstić information content (AvgIpc) is 3.32. The minimum atomic E-state index is -1.14. The first-order valence-electron chi connectivity index (χ1n) is 11.4. The normalized spacial score (nSPS) is 16.5. The number of hydrogen-bond acceptors (Lipinski definition) is 5. The summed E-state index contributed by atoms with van der Waals surface area (Å²) in [6.07, 6.45) is -0.400. The van der Waals surface area contributed by atoms with Crippen LogP contribution in [0.2, 0.25) is 0 Å². The van der Waals surface area contributed by atoms with Gasteiger partial charge in [0.05, 0.1) is 22.8 Å². The Kier molecular flexibility index (Phi) is 5.47. The van der Waals surface area contributed by atoms with Gasteiger partial charge in [-0.3, -0.25) is 19.1 Å². The van der Waals surface area contributed by atoms with Gasteiger partial charge in [-0.05, 0) is 31.9 Å². The van der Waals surface area contributed by atoms with Crippen LogP contribution in [0.25, 0.3) is 0 Å². The molecule has 35 heavy (non-hydrogen) atoms. The quantitative estimate of drug-likeness (QED) is 0.611. The van der Waals surface area contributed by atoms with Crippen LogP contribution in [0.4, 0.5) is 11.4 Å². The molecule has 0 radical (unpaired) electrons. The maximum atomic E-state index is 13.7. The number of carbonyl (C=O) groups is 3. The van der Waals surface area contributed by atoms with Crippen molar-refractivity contribution in [3.05, 3.63) is 76.1 Å². The molecule has 3 heterocycles. The van der Waals surface area contributed by atoms with E-state index in [1.54, 1.807) is 18.9 Å². The van der Waals surface area contributed by atoms with Crippen molar-refractivity contribution in [2.45, 2.75) is 33.4 Å². The van der Waals surface area contributed by atoms with Crippen molar-refractivity contribution < 1.29 is 14.4 Å². The van der Waals surface area contributed by atoms with Crippen molar-refractivity contribution in [1.29, 1.82) is 0 Å². The molecule has 5 rings (SSSR count). The molecule has 2 aromatic carbocycles. The van der Waals surface area contributed by atoms with Crippen LogP contribution in [0.5, 0.6) is 0 Å². The summed E-state index contributed by atoms with van der Waals surface area (Å²) in [7, 11) is 1.62. The first-order chi connectivity index (χ1) is 16.7. The van der Waals surface area contributed by atoms with Gasteiger partial charge in [0.25, 0.3) is 11.8 Å². The van der Waals surface area contributed by atoms with E-state index in [-0.39, 0.29) is 17.5 Å². The van der Waals surface area contributed by atoms with Crippen molar-refractivity contribution in [3.8, 4) is 0 Å². The largest absolute Gasteiger partial charge is 0.323 e. The second-order valence-corrected chi connectivity index (χ2v) is 8.89. The third-order valence-electron chi connectivity index (χ3n) is 6.27. The molecule has 1 atom stereocenters. The van der Waals surface area contributed by atoms with Gasteiger partial charge in [0, 0.05) is 31.6 Å². The minimum absolute atomic E-state index is 0.154. The Morgan fingerprint density at radius 2 is 1.86 bits per heavy atom. The Morgan fingerprint density at radius 1 is 1.11 bits per heavy atom. The Labute approximate surface area is 202 Å². The molecule has 0 aliphatic carbocycles. The first-order valence-corrected chi connectivity index (χ1v) is 11.4. The van der Waals surface area contributed by atoms with Gasteiger partial charge in [-0.2, -0.15) is 5.10 Å². The van der Waals surface area contributed by atoms with Crippen molar-refractivity contribution >= 4 is 34.8 Å². The Balaban J connectivity index is 1.61. The summed E-state index contributed by atoms with van der Waals surface area (Å²) in [6.45, 7) is 5.62. The van der Waals surface area contributed by atoms with Crippen molar-refractivity contribution in [2.24, 2.45) is 12.0 Å². The summed E-state index contributed by atoms with van der Waals surface area (Å²) in [5.74, 6) is -1.17. The molecule has 0 fully saturated rings. The number of hydrogen-bond donors (Lipinski definition) is 2. The number of anilines is 2.